The summed E-state index contributed by atoms with van der Waals surface area (Å²) in [5.74, 6) is -2.23. The summed E-state index contributed by atoms with van der Waals surface area (Å²) in [5, 5.41) is 24.6. The zero-order chi connectivity index (χ0) is 32.7. The third-order valence-electron chi connectivity index (χ3n) is 7.52. The lowest BCUT2D eigenvalue weighted by Crippen LogP contribution is -2.71. The number of hydrogen-bond acceptors (Lipinski definition) is 10. The van der Waals surface area contributed by atoms with Crippen LogP contribution in [0.15, 0.2) is 71.4 Å². The first-order valence-electron chi connectivity index (χ1n) is 13.7. The molecule has 4 aromatic rings. The second kappa shape index (κ2) is 12.5. The monoisotopic (exact) mass is 680 g/mol. The molecule has 7 N–H and O–H groups in total. The van der Waals surface area contributed by atoms with Crippen LogP contribution >= 0.6 is 34.7 Å². The molecule has 2 aliphatic rings. The molecule has 3 aromatic heterocycles. The van der Waals surface area contributed by atoms with Crippen LogP contribution in [0.3, 0.4) is 0 Å². The number of carbonyl (C=O) groups is 3. The number of pyridine rings is 1. The number of anilines is 1. The number of carbonyl (C=O) groups excluding carboxylic acids is 2. The van der Waals surface area contributed by atoms with Crippen LogP contribution in [0.2, 0.25) is 4.34 Å². The third kappa shape index (κ3) is 5.77. The van der Waals surface area contributed by atoms with Gasteiger partial charge in [0, 0.05) is 41.1 Å². The van der Waals surface area contributed by atoms with Gasteiger partial charge in [0.1, 0.15) is 45.6 Å². The fourth-order valence-corrected chi connectivity index (χ4v) is 7.64. The summed E-state index contributed by atoms with van der Waals surface area (Å²) in [6, 6.07) is 10.4. The molecule has 2 atom stereocenters. The van der Waals surface area contributed by atoms with Crippen molar-refractivity contribution in [2.24, 2.45) is 10.9 Å². The van der Waals surface area contributed by atoms with E-state index in [4.69, 9.17) is 33.3 Å². The number of nitrogens with two attached hydrogens (primary N) is 2. The highest BCUT2D eigenvalue weighted by Gasteiger charge is 2.55. The van der Waals surface area contributed by atoms with E-state index in [1.807, 2.05) is 59.6 Å². The van der Waals surface area contributed by atoms with Gasteiger partial charge in [0.25, 0.3) is 11.8 Å². The van der Waals surface area contributed by atoms with E-state index < -0.39 is 29.2 Å². The summed E-state index contributed by atoms with van der Waals surface area (Å²) >= 11 is 8.47. The van der Waals surface area contributed by atoms with E-state index in [0.717, 1.165) is 27.8 Å². The predicted molar refractivity (Wildman–Crippen MR) is 173 cm³/mol. The van der Waals surface area contributed by atoms with Crippen LogP contribution in [0.4, 0.5) is 5.13 Å². The summed E-state index contributed by atoms with van der Waals surface area (Å²) in [4.78, 5) is 48.9. The summed E-state index contributed by atoms with van der Waals surface area (Å²) < 4.78 is 4.09. The Morgan fingerprint density at radius 1 is 1.28 bits per heavy atom. The van der Waals surface area contributed by atoms with E-state index in [1.165, 1.54) is 23.8 Å². The molecular weight excluding hydrogens is 654 g/mol. The molecule has 0 radical (unpaired) electrons. The number of amidine groups is 1. The van der Waals surface area contributed by atoms with Crippen LogP contribution in [-0.2, 0) is 32.3 Å². The Morgan fingerprint density at radius 2 is 2.04 bits per heavy atom. The van der Waals surface area contributed by atoms with Gasteiger partial charge in [-0.05, 0) is 11.6 Å². The number of nitrogens with zero attached hydrogens (tertiary/aromatic N) is 5. The van der Waals surface area contributed by atoms with Crippen molar-refractivity contribution in [1.29, 1.82) is 5.41 Å². The number of benzene rings is 1. The molecular formula is C29H27ClN9O5S2+. The number of oxime groups is 1. The van der Waals surface area contributed by atoms with E-state index in [1.54, 1.807) is 0 Å². The van der Waals surface area contributed by atoms with Crippen LogP contribution in [0.25, 0.3) is 10.9 Å². The van der Waals surface area contributed by atoms with Crippen molar-refractivity contribution >= 4 is 80.1 Å². The van der Waals surface area contributed by atoms with Gasteiger partial charge in [-0.15, -0.1) is 11.8 Å². The highest BCUT2D eigenvalue weighted by Crippen LogP contribution is 2.40. The minimum atomic E-state index is -1.23. The number of rotatable bonds is 10. The Balaban J connectivity index is 1.20. The number of halogens is 1. The standard InChI is InChI=1S/C29H26ClN9O5S2/c1-44-36-20(19-23(30)46-29(33)35-19)25(40)34-21-26(41)39-22(28(42)43)17(13-45-27(21)39)11-37-8-6-15-7-9-38(18(15)12-37)10-14-2-4-16(5-3-14)24(31)32/h2-9,12,21,27H,10-11,13H2,1H3,(H6-,31,32,33,34,35,40,42,43)/p+1/b36-20-/t21-,27-/m1/s1. The van der Waals surface area contributed by atoms with Crippen LogP contribution in [-0.4, -0.2) is 73.2 Å². The quantitative estimate of drug-likeness (QED) is 0.0543. The first-order valence-corrected chi connectivity index (χ1v) is 16.0. The minimum Gasteiger partial charge on any atom is -0.477 e. The average molecular weight is 681 g/mol. The van der Waals surface area contributed by atoms with E-state index in [-0.39, 0.29) is 39.0 Å². The van der Waals surface area contributed by atoms with Crippen LogP contribution in [0, 0.1) is 5.41 Å². The first-order chi connectivity index (χ1) is 22.0. The molecule has 0 saturated carbocycles. The maximum Gasteiger partial charge on any atom is 0.352 e. The lowest BCUT2D eigenvalue weighted by atomic mass is 10.0. The van der Waals surface area contributed by atoms with E-state index in [2.05, 4.69) is 20.0 Å². The van der Waals surface area contributed by atoms with Crippen molar-refractivity contribution in [3.8, 4) is 0 Å². The van der Waals surface area contributed by atoms with Gasteiger partial charge in [-0.3, -0.25) is 19.9 Å². The Hall–Kier alpha value is -4.93. The molecule has 236 valence electrons. The fourth-order valence-electron chi connectivity index (χ4n) is 5.37. The molecule has 14 nitrogen and oxygen atoms in total. The zero-order valence-corrected chi connectivity index (χ0v) is 26.5. The first kappa shape index (κ1) is 31.1. The number of thiazole rings is 1. The van der Waals surface area contributed by atoms with Crippen molar-refractivity contribution in [1.82, 2.24) is 19.8 Å². The van der Waals surface area contributed by atoms with E-state index in [9.17, 15) is 19.5 Å². The average Bonchev–Trinajstić information content (AvgIpc) is 3.58. The van der Waals surface area contributed by atoms with E-state index >= 15 is 0 Å². The second-order valence-corrected chi connectivity index (χ2v) is 13.2. The van der Waals surface area contributed by atoms with Crippen LogP contribution < -0.4 is 21.4 Å². The Kier molecular flexibility index (Phi) is 8.41. The van der Waals surface area contributed by atoms with Crippen molar-refractivity contribution in [2.45, 2.75) is 24.5 Å². The van der Waals surface area contributed by atoms with Gasteiger partial charge in [0.05, 0.1) is 0 Å². The topological polar surface area (TPSA) is 206 Å². The van der Waals surface area contributed by atoms with Gasteiger partial charge >= 0.3 is 5.97 Å². The Bertz CT molecular complexity index is 1970. The third-order valence-corrected chi connectivity index (χ3v) is 9.95. The Labute approximate surface area is 274 Å². The smallest absolute Gasteiger partial charge is 0.352 e. The lowest BCUT2D eigenvalue weighted by molar-refractivity contribution is -0.687. The molecule has 6 rings (SSSR count). The van der Waals surface area contributed by atoms with E-state index in [0.29, 0.717) is 23.4 Å². The molecule has 1 saturated heterocycles. The highest BCUT2D eigenvalue weighted by atomic mass is 35.5. The summed E-state index contributed by atoms with van der Waals surface area (Å²) in [6.07, 6.45) is 5.78. The number of nitrogens with one attached hydrogen (secondary N) is 2. The maximum absolute atomic E-state index is 13.3. The minimum absolute atomic E-state index is 0.00936. The fraction of sp³-hybridized carbons (Fsp3) is 0.207. The number of nitrogen functional groups attached to an aromatic ring is 2. The van der Waals surface area contributed by atoms with Crippen molar-refractivity contribution in [2.75, 3.05) is 18.6 Å². The van der Waals surface area contributed by atoms with Crippen molar-refractivity contribution in [3.05, 3.63) is 87.4 Å². The number of β-lactam (4-membered cyclic amide) rings is 1. The molecule has 0 spiro atoms. The number of carboxylic acids is 1. The predicted octanol–water partition coefficient (Wildman–Crippen LogP) is 1.74. The van der Waals surface area contributed by atoms with Crippen molar-refractivity contribution in [3.63, 3.8) is 0 Å². The molecule has 1 fully saturated rings. The van der Waals surface area contributed by atoms with Crippen molar-refractivity contribution < 1.29 is 28.9 Å². The molecule has 46 heavy (non-hydrogen) atoms. The number of amides is 2. The van der Waals surface area contributed by atoms with Crippen LogP contribution in [0.1, 0.15) is 16.8 Å². The molecule has 17 heteroatoms. The lowest BCUT2D eigenvalue weighted by Gasteiger charge is -2.49. The Morgan fingerprint density at radius 3 is 2.70 bits per heavy atom. The molecule has 2 amide bonds. The molecule has 0 aliphatic carbocycles. The molecule has 1 aromatic carbocycles. The highest BCUT2D eigenvalue weighted by molar-refractivity contribution is 8.00. The van der Waals surface area contributed by atoms with Gasteiger partial charge in [-0.1, -0.05) is 52.4 Å². The van der Waals surface area contributed by atoms with Gasteiger partial charge in [0.2, 0.25) is 0 Å². The number of fused-ring (bicyclic) bond motifs is 2. The summed E-state index contributed by atoms with van der Waals surface area (Å²) in [7, 11) is 1.25. The van der Waals surface area contributed by atoms with Gasteiger partial charge in [0.15, 0.2) is 29.8 Å². The maximum atomic E-state index is 13.3. The van der Waals surface area contributed by atoms with Gasteiger partial charge in [-0.25, -0.2) is 9.78 Å². The normalized spacial score (nSPS) is 17.9. The number of aromatic nitrogens is 3. The number of hydrogen-bond donors (Lipinski definition) is 5. The van der Waals surface area contributed by atoms with Gasteiger partial charge < -0.3 is 31.3 Å². The molecule has 5 heterocycles. The molecule has 2 aliphatic heterocycles. The number of thioether (sulfide) groups is 1. The molecule has 0 unspecified atom stereocenters. The van der Waals surface area contributed by atoms with Crippen LogP contribution in [0.5, 0.6) is 0 Å². The number of carboxylic acid groups (broad SMARTS) is 1. The zero-order valence-electron chi connectivity index (χ0n) is 24.1. The number of aliphatic carboxylic acids is 1. The summed E-state index contributed by atoms with van der Waals surface area (Å²) in [6.45, 7) is 0.825. The second-order valence-electron chi connectivity index (χ2n) is 10.4. The van der Waals surface area contributed by atoms with Gasteiger partial charge in [-0.2, -0.15) is 4.57 Å². The largest absolute Gasteiger partial charge is 0.477 e. The SMILES string of the molecule is CO/N=C(\C(=O)N[C@@H]1C(=O)N2C(C(=O)O)=C(C[n+]3ccc4ccn(Cc5ccc(C(=N)N)cc5)c4c3)CS[C@H]12)c1nc(N)sc1Cl. The molecule has 0 bridgehead atoms. The summed E-state index contributed by atoms with van der Waals surface area (Å²) in [5.41, 5.74) is 14.1.